The molecular weight excluding hydrogens is 541 g/mol. The van der Waals surface area contributed by atoms with Crippen molar-refractivity contribution in [3.8, 4) is 5.75 Å². The molecule has 0 fully saturated rings. The van der Waals surface area contributed by atoms with Gasteiger partial charge in [-0.05, 0) is 83.6 Å². The second kappa shape index (κ2) is 10.6. The van der Waals surface area contributed by atoms with E-state index in [1.807, 2.05) is 24.3 Å². The molecule has 0 aliphatic carbocycles. The molecule has 0 atom stereocenters. The summed E-state index contributed by atoms with van der Waals surface area (Å²) in [7, 11) is -2.50. The molecule has 1 amide bonds. The maximum Gasteiger partial charge on any atom is 0.264 e. The number of rotatable bonds is 8. The van der Waals surface area contributed by atoms with Gasteiger partial charge in [0.05, 0.1) is 23.4 Å². The quantitative estimate of drug-likeness (QED) is 0.255. The first-order valence-electron chi connectivity index (χ1n) is 9.62. The van der Waals surface area contributed by atoms with E-state index in [1.54, 1.807) is 49.4 Å². The number of hydrogen-bond donors (Lipinski definition) is 1. The minimum atomic E-state index is -4.00. The summed E-state index contributed by atoms with van der Waals surface area (Å²) in [5.41, 5.74) is 4.30. The SMILES string of the molecule is COc1ccc(S(=O)(=O)N(CC(=O)N/N=C(/C)c2ccc(I)cc2)c2ccccc2)cc1. The van der Waals surface area contributed by atoms with E-state index < -0.39 is 22.5 Å². The van der Waals surface area contributed by atoms with Gasteiger partial charge in [0.15, 0.2) is 0 Å². The highest BCUT2D eigenvalue weighted by atomic mass is 127. The first-order valence-corrected chi connectivity index (χ1v) is 12.1. The third kappa shape index (κ3) is 5.86. The van der Waals surface area contributed by atoms with E-state index in [4.69, 9.17) is 4.74 Å². The van der Waals surface area contributed by atoms with Crippen LogP contribution in [0.3, 0.4) is 0 Å². The molecule has 3 aromatic carbocycles. The number of benzene rings is 3. The smallest absolute Gasteiger partial charge is 0.264 e. The largest absolute Gasteiger partial charge is 0.497 e. The van der Waals surface area contributed by atoms with E-state index in [9.17, 15) is 13.2 Å². The molecule has 0 bridgehead atoms. The molecule has 7 nitrogen and oxygen atoms in total. The molecular formula is C23H22IN3O4S. The average molecular weight is 563 g/mol. The van der Waals surface area contributed by atoms with E-state index in [-0.39, 0.29) is 4.90 Å². The number of nitrogens with zero attached hydrogens (tertiary/aromatic N) is 2. The molecule has 9 heteroatoms. The number of sulfonamides is 1. The molecule has 0 radical (unpaired) electrons. The highest BCUT2D eigenvalue weighted by molar-refractivity contribution is 14.1. The lowest BCUT2D eigenvalue weighted by molar-refractivity contribution is -0.119. The Hall–Kier alpha value is -2.92. The molecule has 0 spiro atoms. The van der Waals surface area contributed by atoms with Gasteiger partial charge in [-0.2, -0.15) is 5.10 Å². The third-order valence-corrected chi connectivity index (χ3v) is 7.10. The van der Waals surface area contributed by atoms with Crippen LogP contribution in [0, 0.1) is 3.57 Å². The van der Waals surface area contributed by atoms with E-state index in [0.717, 1.165) is 13.4 Å². The van der Waals surface area contributed by atoms with Crippen molar-refractivity contribution in [3.63, 3.8) is 0 Å². The van der Waals surface area contributed by atoms with Gasteiger partial charge in [0.25, 0.3) is 15.9 Å². The number of hydrogen-bond acceptors (Lipinski definition) is 5. The van der Waals surface area contributed by atoms with Crippen LogP contribution in [0.2, 0.25) is 0 Å². The molecule has 32 heavy (non-hydrogen) atoms. The number of para-hydroxylation sites is 1. The highest BCUT2D eigenvalue weighted by Gasteiger charge is 2.27. The molecule has 3 rings (SSSR count). The van der Waals surface area contributed by atoms with Crippen molar-refractivity contribution in [2.24, 2.45) is 5.10 Å². The summed E-state index contributed by atoms with van der Waals surface area (Å²) in [5, 5.41) is 4.12. The van der Waals surface area contributed by atoms with Crippen LogP contribution in [-0.2, 0) is 14.8 Å². The summed E-state index contributed by atoms with van der Waals surface area (Å²) in [6.45, 7) is 1.34. The number of halogens is 1. The van der Waals surface area contributed by atoms with Gasteiger partial charge >= 0.3 is 0 Å². The predicted molar refractivity (Wildman–Crippen MR) is 133 cm³/mol. The summed E-state index contributed by atoms with van der Waals surface area (Å²) >= 11 is 2.21. The Morgan fingerprint density at radius 2 is 1.62 bits per heavy atom. The van der Waals surface area contributed by atoms with Gasteiger partial charge in [-0.25, -0.2) is 13.8 Å². The number of methoxy groups -OCH3 is 1. The minimum absolute atomic E-state index is 0.0496. The summed E-state index contributed by atoms with van der Waals surface area (Å²) in [4.78, 5) is 12.7. The van der Waals surface area contributed by atoms with Crippen molar-refractivity contribution in [1.82, 2.24) is 5.43 Å². The Morgan fingerprint density at radius 3 is 2.22 bits per heavy atom. The zero-order valence-electron chi connectivity index (χ0n) is 17.5. The van der Waals surface area contributed by atoms with Crippen molar-refractivity contribution in [1.29, 1.82) is 0 Å². The number of amides is 1. The van der Waals surface area contributed by atoms with Crippen molar-refractivity contribution in [3.05, 3.63) is 88.0 Å². The fourth-order valence-corrected chi connectivity index (χ4v) is 4.63. The van der Waals surface area contributed by atoms with Crippen LogP contribution < -0.4 is 14.5 Å². The maximum atomic E-state index is 13.3. The molecule has 0 unspecified atom stereocenters. The number of carbonyl (C=O) groups is 1. The Kier molecular flexibility index (Phi) is 7.86. The second-order valence-electron chi connectivity index (χ2n) is 6.76. The Bertz CT molecular complexity index is 1200. The lowest BCUT2D eigenvalue weighted by Crippen LogP contribution is -2.39. The standard InChI is InChI=1S/C23H22IN3O4S/c1-17(18-8-10-19(24)11-9-18)25-26-23(28)16-27(20-6-4-3-5-7-20)32(29,30)22-14-12-21(31-2)13-15-22/h3-15H,16H2,1-2H3,(H,26,28)/b25-17-. The minimum Gasteiger partial charge on any atom is -0.497 e. The van der Waals surface area contributed by atoms with Crippen LogP contribution in [0.4, 0.5) is 5.69 Å². The molecule has 0 heterocycles. The van der Waals surface area contributed by atoms with E-state index in [0.29, 0.717) is 17.1 Å². The third-order valence-electron chi connectivity index (χ3n) is 4.59. The lowest BCUT2D eigenvalue weighted by Gasteiger charge is -2.23. The fourth-order valence-electron chi connectivity index (χ4n) is 2.85. The summed E-state index contributed by atoms with van der Waals surface area (Å²) in [6.07, 6.45) is 0. The fraction of sp³-hybridized carbons (Fsp3) is 0.130. The molecule has 0 aromatic heterocycles. The second-order valence-corrected chi connectivity index (χ2v) is 9.87. The molecule has 0 aliphatic heterocycles. The number of ether oxygens (including phenoxy) is 1. The lowest BCUT2D eigenvalue weighted by atomic mass is 10.1. The number of carbonyl (C=O) groups excluding carboxylic acids is 1. The van der Waals surface area contributed by atoms with Crippen molar-refractivity contribution in [2.45, 2.75) is 11.8 Å². The molecule has 166 valence electrons. The Labute approximate surface area is 201 Å². The Morgan fingerprint density at radius 1 is 1.00 bits per heavy atom. The number of nitrogens with one attached hydrogen (secondary N) is 1. The van der Waals surface area contributed by atoms with Crippen LogP contribution in [0.15, 0.2) is 88.9 Å². The van der Waals surface area contributed by atoms with Crippen molar-refractivity contribution in [2.75, 3.05) is 18.0 Å². The molecule has 0 saturated heterocycles. The molecule has 1 N–H and O–H groups in total. The van der Waals surface area contributed by atoms with Gasteiger partial charge in [0.2, 0.25) is 0 Å². The first kappa shape index (κ1) is 23.7. The zero-order chi connectivity index (χ0) is 23.1. The predicted octanol–water partition coefficient (Wildman–Crippen LogP) is 4.04. The van der Waals surface area contributed by atoms with E-state index >= 15 is 0 Å². The molecule has 3 aromatic rings. The van der Waals surface area contributed by atoms with Crippen LogP contribution >= 0.6 is 22.6 Å². The van der Waals surface area contributed by atoms with Gasteiger partial charge in [0, 0.05) is 3.57 Å². The summed E-state index contributed by atoms with van der Waals surface area (Å²) in [6, 6.07) is 22.2. The maximum absolute atomic E-state index is 13.3. The normalized spacial score (nSPS) is 11.7. The zero-order valence-corrected chi connectivity index (χ0v) is 20.5. The average Bonchev–Trinajstić information content (AvgIpc) is 2.82. The van der Waals surface area contributed by atoms with Gasteiger partial charge in [-0.1, -0.05) is 30.3 Å². The topological polar surface area (TPSA) is 88.1 Å². The van der Waals surface area contributed by atoms with Gasteiger partial charge in [0.1, 0.15) is 12.3 Å². The number of anilines is 1. The van der Waals surface area contributed by atoms with Crippen molar-refractivity contribution >= 4 is 49.9 Å². The Balaban J connectivity index is 1.84. The van der Waals surface area contributed by atoms with E-state index in [1.165, 1.54) is 19.2 Å². The number of hydrazone groups is 1. The molecule has 0 saturated carbocycles. The van der Waals surface area contributed by atoms with Crippen molar-refractivity contribution < 1.29 is 17.9 Å². The molecule has 0 aliphatic rings. The van der Waals surface area contributed by atoms with E-state index in [2.05, 4.69) is 33.1 Å². The van der Waals surface area contributed by atoms with Crippen LogP contribution in [0.25, 0.3) is 0 Å². The first-order chi connectivity index (χ1) is 15.3. The van der Waals surface area contributed by atoms with Gasteiger partial charge in [-0.15, -0.1) is 0 Å². The summed E-state index contributed by atoms with van der Waals surface area (Å²) in [5.74, 6) is -0.0239. The van der Waals surface area contributed by atoms with Gasteiger partial charge in [-0.3, -0.25) is 9.10 Å². The van der Waals surface area contributed by atoms with Crippen LogP contribution in [0.5, 0.6) is 5.75 Å². The summed E-state index contributed by atoms with van der Waals surface area (Å²) < 4.78 is 33.9. The van der Waals surface area contributed by atoms with Crippen LogP contribution in [0.1, 0.15) is 12.5 Å². The van der Waals surface area contributed by atoms with Gasteiger partial charge < -0.3 is 4.74 Å². The highest BCUT2D eigenvalue weighted by Crippen LogP contribution is 2.24. The van der Waals surface area contributed by atoms with Crippen LogP contribution in [-0.4, -0.2) is 33.7 Å². The monoisotopic (exact) mass is 563 g/mol.